The summed E-state index contributed by atoms with van der Waals surface area (Å²) in [6.45, 7) is 7.08. The number of methoxy groups -OCH3 is 1. The third-order valence-corrected chi connectivity index (χ3v) is 6.09. The maximum Gasteiger partial charge on any atom is 0.256 e. The third-order valence-electron chi connectivity index (χ3n) is 6.09. The van der Waals surface area contributed by atoms with E-state index in [-0.39, 0.29) is 34.5 Å². The minimum atomic E-state index is -0.671. The zero-order valence-electron chi connectivity index (χ0n) is 17.6. The van der Waals surface area contributed by atoms with Gasteiger partial charge in [0.1, 0.15) is 5.82 Å². The lowest BCUT2D eigenvalue weighted by molar-refractivity contribution is 0.386. The molecule has 0 radical (unpaired) electrons. The molecule has 0 aliphatic heterocycles. The zero-order valence-corrected chi connectivity index (χ0v) is 17.6. The number of rotatable bonds is 4. The van der Waals surface area contributed by atoms with Crippen molar-refractivity contribution < 1.29 is 13.5 Å². The van der Waals surface area contributed by atoms with Gasteiger partial charge >= 0.3 is 0 Å². The van der Waals surface area contributed by atoms with E-state index in [4.69, 9.17) is 17.0 Å². The summed E-state index contributed by atoms with van der Waals surface area (Å²) in [6.07, 6.45) is 3.42. The second-order valence-electron chi connectivity index (χ2n) is 8.08. The minimum Gasteiger partial charge on any atom is -0.494 e. The number of benzene rings is 2. The van der Waals surface area contributed by atoms with Crippen LogP contribution < -0.4 is 16.0 Å². The van der Waals surface area contributed by atoms with Gasteiger partial charge in [0.2, 0.25) is 5.69 Å². The summed E-state index contributed by atoms with van der Waals surface area (Å²) in [5.74, 6) is -1.07. The monoisotopic (exact) mass is 435 g/mol. The Morgan fingerprint density at radius 2 is 1.72 bits per heavy atom. The summed E-state index contributed by atoms with van der Waals surface area (Å²) >= 11 is 0. The van der Waals surface area contributed by atoms with E-state index in [1.54, 1.807) is 12.1 Å². The first-order chi connectivity index (χ1) is 15.4. The van der Waals surface area contributed by atoms with E-state index in [1.165, 1.54) is 31.4 Å². The number of hydrogen-bond acceptors (Lipinski definition) is 3. The summed E-state index contributed by atoms with van der Waals surface area (Å²) in [5, 5.41) is 0. The fraction of sp³-hybridized carbons (Fsp3) is 0.280. The molecule has 32 heavy (non-hydrogen) atoms. The second kappa shape index (κ2) is 8.93. The molecule has 0 bridgehead atoms. The van der Waals surface area contributed by atoms with Crippen molar-refractivity contribution in [3.05, 3.63) is 81.6 Å². The predicted molar refractivity (Wildman–Crippen MR) is 120 cm³/mol. The van der Waals surface area contributed by atoms with Gasteiger partial charge in [0.25, 0.3) is 5.56 Å². The highest BCUT2D eigenvalue weighted by molar-refractivity contribution is 5.84. The van der Waals surface area contributed by atoms with Gasteiger partial charge in [-0.05, 0) is 72.6 Å². The lowest BCUT2D eigenvalue weighted by Gasteiger charge is -2.26. The van der Waals surface area contributed by atoms with Gasteiger partial charge in [0.15, 0.2) is 11.6 Å². The summed E-state index contributed by atoms with van der Waals surface area (Å²) in [6, 6.07) is 10.5. The Labute approximate surface area is 184 Å². The quantitative estimate of drug-likeness (QED) is 0.529. The number of aromatic amines is 1. The normalized spacial score (nSPS) is 18.2. The van der Waals surface area contributed by atoms with Crippen LogP contribution in [0.1, 0.15) is 37.3 Å². The first-order valence-corrected chi connectivity index (χ1v) is 10.5. The number of H-pyrrole nitrogens is 1. The Hall–Kier alpha value is -3.50. The summed E-state index contributed by atoms with van der Waals surface area (Å²) in [7, 11) is 1.36. The lowest BCUT2D eigenvalue weighted by Crippen LogP contribution is -2.27. The fourth-order valence-electron chi connectivity index (χ4n) is 4.33. The van der Waals surface area contributed by atoms with Crippen LogP contribution in [0.15, 0.2) is 47.3 Å². The molecule has 7 heteroatoms. The van der Waals surface area contributed by atoms with Crippen molar-refractivity contribution >= 4 is 5.69 Å². The molecular formula is C25H23F2N3O2. The van der Waals surface area contributed by atoms with Gasteiger partial charge in [-0.25, -0.2) is 13.6 Å². The van der Waals surface area contributed by atoms with Gasteiger partial charge in [0.05, 0.1) is 19.2 Å². The molecule has 4 rings (SSSR count). The van der Waals surface area contributed by atoms with Gasteiger partial charge < -0.3 is 15.5 Å². The summed E-state index contributed by atoms with van der Waals surface area (Å²) in [5.41, 5.74) is 7.81. The van der Waals surface area contributed by atoms with E-state index in [2.05, 4.69) is 9.83 Å². The molecule has 1 aromatic heterocycles. The van der Waals surface area contributed by atoms with Crippen molar-refractivity contribution in [2.24, 2.45) is 5.73 Å². The molecule has 5 nitrogen and oxygen atoms in total. The topological polar surface area (TPSA) is 72.5 Å². The summed E-state index contributed by atoms with van der Waals surface area (Å²) < 4.78 is 33.9. The molecule has 0 unspecified atom stereocenters. The van der Waals surface area contributed by atoms with Crippen molar-refractivity contribution in [1.82, 2.24) is 4.98 Å². The highest BCUT2D eigenvalue weighted by atomic mass is 19.1. The molecule has 0 amide bonds. The average molecular weight is 435 g/mol. The van der Waals surface area contributed by atoms with Crippen molar-refractivity contribution in [2.45, 2.75) is 37.6 Å². The highest BCUT2D eigenvalue weighted by Gasteiger charge is 2.24. The zero-order chi connectivity index (χ0) is 22.8. The number of pyridine rings is 1. The van der Waals surface area contributed by atoms with E-state index in [0.717, 1.165) is 31.4 Å². The number of nitrogens with zero attached hydrogens (tertiary/aromatic N) is 1. The number of nitrogens with one attached hydrogen (secondary N) is 1. The van der Waals surface area contributed by atoms with Gasteiger partial charge in [-0.2, -0.15) is 0 Å². The molecule has 3 aromatic rings. The van der Waals surface area contributed by atoms with Crippen LogP contribution in [0.4, 0.5) is 14.5 Å². The van der Waals surface area contributed by atoms with Gasteiger partial charge in [-0.1, -0.05) is 18.2 Å². The van der Waals surface area contributed by atoms with E-state index in [0.29, 0.717) is 16.7 Å². The molecule has 1 aliphatic carbocycles. The number of ether oxygens (including phenoxy) is 1. The molecule has 1 aliphatic rings. The van der Waals surface area contributed by atoms with Crippen molar-refractivity contribution in [3.63, 3.8) is 0 Å². The van der Waals surface area contributed by atoms with Gasteiger partial charge in [0, 0.05) is 11.7 Å². The highest BCUT2D eigenvalue weighted by Crippen LogP contribution is 2.37. The van der Waals surface area contributed by atoms with E-state index < -0.39 is 11.6 Å². The van der Waals surface area contributed by atoms with Crippen LogP contribution in [-0.4, -0.2) is 18.1 Å². The SMILES string of the molecule is [C-]#[N+]c1ccc(-c2cc(C3CCC(N)CC3)[nH]c(=O)c2-c2ccc(OC)c(F)c2)cc1F. The van der Waals surface area contributed by atoms with E-state index in [1.807, 2.05) is 6.07 Å². The van der Waals surface area contributed by atoms with E-state index >= 15 is 0 Å². The van der Waals surface area contributed by atoms with Crippen LogP contribution in [0, 0.1) is 18.2 Å². The predicted octanol–water partition coefficient (Wildman–Crippen LogP) is 5.53. The van der Waals surface area contributed by atoms with Crippen molar-refractivity contribution in [1.29, 1.82) is 0 Å². The number of aromatic nitrogens is 1. The standard InChI is InChI=1S/C25H23F2N3O2/c1-29-21-9-5-15(11-19(21)26)18-13-22(14-3-7-17(28)8-4-14)30-25(31)24(18)16-6-10-23(32-2)20(27)12-16/h5-6,9-14,17H,3-4,7-8,28H2,2H3,(H,30,31). The molecule has 0 spiro atoms. The van der Waals surface area contributed by atoms with Gasteiger partial charge in [-0.15, -0.1) is 0 Å². The molecule has 1 heterocycles. The molecule has 0 saturated heterocycles. The van der Waals surface area contributed by atoms with Crippen LogP contribution in [0.25, 0.3) is 27.1 Å². The Kier molecular flexibility index (Phi) is 6.06. The van der Waals surface area contributed by atoms with Crippen LogP contribution in [0.3, 0.4) is 0 Å². The van der Waals surface area contributed by atoms with Crippen LogP contribution in [-0.2, 0) is 0 Å². The lowest BCUT2D eigenvalue weighted by atomic mass is 9.83. The molecule has 3 N–H and O–H groups in total. The number of nitrogens with two attached hydrogens (primary N) is 1. The van der Waals surface area contributed by atoms with E-state index in [9.17, 15) is 13.6 Å². The van der Waals surface area contributed by atoms with Crippen LogP contribution >= 0.6 is 0 Å². The third kappa shape index (κ3) is 4.14. The van der Waals surface area contributed by atoms with Crippen LogP contribution in [0.2, 0.25) is 0 Å². The molecule has 1 fully saturated rings. The Morgan fingerprint density at radius 1 is 1.03 bits per heavy atom. The Balaban J connectivity index is 1.91. The molecule has 0 atom stereocenters. The maximum atomic E-state index is 14.4. The Morgan fingerprint density at radius 3 is 2.34 bits per heavy atom. The minimum absolute atomic E-state index is 0.0642. The molecule has 1 saturated carbocycles. The number of halogens is 2. The molecule has 2 aromatic carbocycles. The number of hydrogen-bond donors (Lipinski definition) is 2. The van der Waals surface area contributed by atoms with Crippen molar-refractivity contribution in [2.75, 3.05) is 7.11 Å². The first-order valence-electron chi connectivity index (χ1n) is 10.5. The van der Waals surface area contributed by atoms with Crippen LogP contribution in [0.5, 0.6) is 5.75 Å². The smallest absolute Gasteiger partial charge is 0.256 e. The largest absolute Gasteiger partial charge is 0.494 e. The molecule has 164 valence electrons. The van der Waals surface area contributed by atoms with Gasteiger partial charge in [-0.3, -0.25) is 4.79 Å². The first kappa shape index (κ1) is 21.7. The Bertz CT molecular complexity index is 1260. The fourth-order valence-corrected chi connectivity index (χ4v) is 4.33. The molecular weight excluding hydrogens is 412 g/mol. The average Bonchev–Trinajstić information content (AvgIpc) is 2.79. The van der Waals surface area contributed by atoms with Crippen molar-refractivity contribution in [3.8, 4) is 28.0 Å². The summed E-state index contributed by atoms with van der Waals surface area (Å²) in [4.78, 5) is 19.4. The second-order valence-corrected chi connectivity index (χ2v) is 8.08. The maximum absolute atomic E-state index is 14.4.